The Labute approximate surface area is 82.2 Å². The SMILES string of the molecule is CCSc1cccc(CC#N)c1O. The number of para-hydroxylation sites is 1. The molecule has 1 rings (SSSR count). The zero-order valence-corrected chi connectivity index (χ0v) is 8.27. The summed E-state index contributed by atoms with van der Waals surface area (Å²) in [7, 11) is 0. The van der Waals surface area contributed by atoms with Crippen LogP contribution in [0.25, 0.3) is 0 Å². The van der Waals surface area contributed by atoms with E-state index in [1.807, 2.05) is 25.1 Å². The molecule has 0 amide bonds. The van der Waals surface area contributed by atoms with Crippen LogP contribution in [0.3, 0.4) is 0 Å². The fraction of sp³-hybridized carbons (Fsp3) is 0.300. The van der Waals surface area contributed by atoms with E-state index in [0.717, 1.165) is 10.6 Å². The van der Waals surface area contributed by atoms with E-state index in [1.165, 1.54) is 0 Å². The van der Waals surface area contributed by atoms with E-state index in [2.05, 4.69) is 0 Å². The van der Waals surface area contributed by atoms with Gasteiger partial charge in [0.25, 0.3) is 0 Å². The Kier molecular flexibility index (Phi) is 3.66. The molecule has 0 saturated heterocycles. The lowest BCUT2D eigenvalue weighted by Gasteiger charge is -2.05. The molecule has 0 aliphatic heterocycles. The van der Waals surface area contributed by atoms with Crippen LogP contribution in [-0.2, 0) is 6.42 Å². The quantitative estimate of drug-likeness (QED) is 0.750. The number of phenols is 1. The predicted octanol–water partition coefficient (Wildman–Crippen LogP) is 2.57. The summed E-state index contributed by atoms with van der Waals surface area (Å²) in [6.45, 7) is 2.03. The van der Waals surface area contributed by atoms with Crippen molar-refractivity contribution in [1.29, 1.82) is 5.26 Å². The number of nitriles is 1. The average molecular weight is 193 g/mol. The Morgan fingerprint density at radius 2 is 2.31 bits per heavy atom. The highest BCUT2D eigenvalue weighted by atomic mass is 32.2. The van der Waals surface area contributed by atoms with E-state index in [1.54, 1.807) is 17.8 Å². The van der Waals surface area contributed by atoms with Crippen molar-refractivity contribution in [3.63, 3.8) is 0 Å². The third-order valence-electron chi connectivity index (χ3n) is 1.65. The molecule has 0 fully saturated rings. The van der Waals surface area contributed by atoms with E-state index in [-0.39, 0.29) is 12.2 Å². The highest BCUT2D eigenvalue weighted by molar-refractivity contribution is 7.99. The molecular formula is C10H11NOS. The maximum atomic E-state index is 9.68. The van der Waals surface area contributed by atoms with Gasteiger partial charge in [0.05, 0.1) is 12.5 Å². The Bertz CT molecular complexity index is 330. The van der Waals surface area contributed by atoms with Crippen molar-refractivity contribution in [1.82, 2.24) is 0 Å². The third-order valence-corrected chi connectivity index (χ3v) is 2.58. The van der Waals surface area contributed by atoms with Gasteiger partial charge in [-0.3, -0.25) is 0 Å². The van der Waals surface area contributed by atoms with E-state index in [0.29, 0.717) is 5.56 Å². The molecule has 68 valence electrons. The van der Waals surface area contributed by atoms with Gasteiger partial charge in [0.15, 0.2) is 0 Å². The van der Waals surface area contributed by atoms with Crippen molar-refractivity contribution in [2.75, 3.05) is 5.75 Å². The fourth-order valence-corrected chi connectivity index (χ4v) is 1.82. The Balaban J connectivity index is 2.97. The van der Waals surface area contributed by atoms with Crippen molar-refractivity contribution < 1.29 is 5.11 Å². The number of phenolic OH excluding ortho intramolecular Hbond substituents is 1. The minimum atomic E-state index is 0.260. The molecule has 0 radical (unpaired) electrons. The molecule has 13 heavy (non-hydrogen) atoms. The first-order chi connectivity index (χ1) is 6.29. The monoisotopic (exact) mass is 193 g/mol. The molecule has 0 saturated carbocycles. The maximum absolute atomic E-state index is 9.68. The largest absolute Gasteiger partial charge is 0.506 e. The summed E-state index contributed by atoms with van der Waals surface area (Å²) in [6.07, 6.45) is 0.268. The van der Waals surface area contributed by atoms with E-state index in [4.69, 9.17) is 5.26 Å². The van der Waals surface area contributed by atoms with Gasteiger partial charge in [-0.05, 0) is 11.8 Å². The first-order valence-corrected chi connectivity index (χ1v) is 5.08. The summed E-state index contributed by atoms with van der Waals surface area (Å²) in [5, 5.41) is 18.2. The van der Waals surface area contributed by atoms with Crippen molar-refractivity contribution in [2.45, 2.75) is 18.2 Å². The van der Waals surface area contributed by atoms with Crippen LogP contribution in [0.5, 0.6) is 5.75 Å². The number of thioether (sulfide) groups is 1. The molecule has 2 nitrogen and oxygen atoms in total. The van der Waals surface area contributed by atoms with Crippen molar-refractivity contribution >= 4 is 11.8 Å². The predicted molar refractivity (Wildman–Crippen MR) is 53.8 cm³/mol. The van der Waals surface area contributed by atoms with Gasteiger partial charge < -0.3 is 5.11 Å². The van der Waals surface area contributed by atoms with Gasteiger partial charge in [0.1, 0.15) is 5.75 Å². The van der Waals surface area contributed by atoms with Crippen LogP contribution in [-0.4, -0.2) is 10.9 Å². The smallest absolute Gasteiger partial charge is 0.133 e. The van der Waals surface area contributed by atoms with Gasteiger partial charge in [0.2, 0.25) is 0 Å². The lowest BCUT2D eigenvalue weighted by Crippen LogP contribution is -1.84. The molecule has 0 aliphatic rings. The maximum Gasteiger partial charge on any atom is 0.133 e. The van der Waals surface area contributed by atoms with Crippen molar-refractivity contribution in [3.05, 3.63) is 23.8 Å². The van der Waals surface area contributed by atoms with Crippen LogP contribution in [0.4, 0.5) is 0 Å². The number of hydrogen-bond donors (Lipinski definition) is 1. The standard InChI is InChI=1S/C10H11NOS/c1-2-13-9-5-3-4-8(6-7-11)10(9)12/h3-5,12H,2,6H2,1H3. The zero-order valence-electron chi connectivity index (χ0n) is 7.45. The molecular weight excluding hydrogens is 182 g/mol. The number of nitrogens with zero attached hydrogens (tertiary/aromatic N) is 1. The average Bonchev–Trinajstić information content (AvgIpc) is 2.13. The number of aromatic hydroxyl groups is 1. The number of hydrogen-bond acceptors (Lipinski definition) is 3. The molecule has 1 aromatic rings. The number of rotatable bonds is 3. The van der Waals surface area contributed by atoms with Crippen molar-refractivity contribution in [3.8, 4) is 11.8 Å². The summed E-state index contributed by atoms with van der Waals surface area (Å²) >= 11 is 1.58. The second-order valence-corrected chi connectivity index (χ2v) is 3.84. The Hall–Kier alpha value is -1.14. The summed E-state index contributed by atoms with van der Waals surface area (Å²) in [5.74, 6) is 1.18. The fourth-order valence-electron chi connectivity index (χ4n) is 1.07. The molecule has 0 aliphatic carbocycles. The van der Waals surface area contributed by atoms with Gasteiger partial charge in [0, 0.05) is 10.5 Å². The van der Waals surface area contributed by atoms with Crippen LogP contribution < -0.4 is 0 Å². The zero-order chi connectivity index (χ0) is 9.68. The van der Waals surface area contributed by atoms with Gasteiger partial charge in [-0.15, -0.1) is 11.8 Å². The first kappa shape index (κ1) is 9.94. The molecule has 0 aromatic heterocycles. The third kappa shape index (κ3) is 2.40. The van der Waals surface area contributed by atoms with Crippen LogP contribution in [0.1, 0.15) is 12.5 Å². The Morgan fingerprint density at radius 1 is 1.54 bits per heavy atom. The minimum absolute atomic E-state index is 0.260. The molecule has 3 heteroatoms. The van der Waals surface area contributed by atoms with Gasteiger partial charge in [-0.25, -0.2) is 0 Å². The van der Waals surface area contributed by atoms with Crippen LogP contribution in [0.2, 0.25) is 0 Å². The van der Waals surface area contributed by atoms with Gasteiger partial charge in [-0.2, -0.15) is 5.26 Å². The first-order valence-electron chi connectivity index (χ1n) is 4.10. The summed E-state index contributed by atoms with van der Waals surface area (Å²) in [5.41, 5.74) is 0.709. The van der Waals surface area contributed by atoms with Crippen molar-refractivity contribution in [2.24, 2.45) is 0 Å². The van der Waals surface area contributed by atoms with Crippen LogP contribution in [0, 0.1) is 11.3 Å². The molecule has 0 atom stereocenters. The van der Waals surface area contributed by atoms with E-state index in [9.17, 15) is 5.11 Å². The molecule has 0 unspecified atom stereocenters. The van der Waals surface area contributed by atoms with E-state index >= 15 is 0 Å². The molecule has 0 bridgehead atoms. The van der Waals surface area contributed by atoms with Gasteiger partial charge >= 0.3 is 0 Å². The number of benzene rings is 1. The second kappa shape index (κ2) is 4.78. The lowest BCUT2D eigenvalue weighted by atomic mass is 10.1. The molecule has 1 N–H and O–H groups in total. The molecule has 0 heterocycles. The molecule has 1 aromatic carbocycles. The highest BCUT2D eigenvalue weighted by Crippen LogP contribution is 2.31. The van der Waals surface area contributed by atoms with Crippen LogP contribution in [0.15, 0.2) is 23.1 Å². The summed E-state index contributed by atoms with van der Waals surface area (Å²) in [4.78, 5) is 0.857. The van der Waals surface area contributed by atoms with E-state index < -0.39 is 0 Å². The minimum Gasteiger partial charge on any atom is -0.506 e. The highest BCUT2D eigenvalue weighted by Gasteiger charge is 2.05. The van der Waals surface area contributed by atoms with Crippen LogP contribution >= 0.6 is 11.8 Å². The second-order valence-electron chi connectivity index (χ2n) is 2.53. The lowest BCUT2D eigenvalue weighted by molar-refractivity contribution is 0.457. The normalized spacial score (nSPS) is 9.54. The van der Waals surface area contributed by atoms with Gasteiger partial charge in [-0.1, -0.05) is 19.1 Å². The Morgan fingerprint density at radius 3 is 2.92 bits per heavy atom. The molecule has 0 spiro atoms. The summed E-state index contributed by atoms with van der Waals surface area (Å²) in [6, 6.07) is 7.53. The summed E-state index contributed by atoms with van der Waals surface area (Å²) < 4.78 is 0. The topological polar surface area (TPSA) is 44.0 Å².